The minimum atomic E-state index is -0.821. The zero-order valence-electron chi connectivity index (χ0n) is 11.8. The summed E-state index contributed by atoms with van der Waals surface area (Å²) in [6.07, 6.45) is 2.70. The van der Waals surface area contributed by atoms with Gasteiger partial charge in [0.05, 0.1) is 5.92 Å². The summed E-state index contributed by atoms with van der Waals surface area (Å²) in [6.45, 7) is 4.27. The fraction of sp³-hybridized carbons (Fsp3) is 0.643. The van der Waals surface area contributed by atoms with Crippen LogP contribution in [0.4, 0.5) is 5.82 Å². The molecule has 1 atom stereocenters. The summed E-state index contributed by atoms with van der Waals surface area (Å²) in [5, 5.41) is 12.2. The molecule has 0 radical (unpaired) electrons. The van der Waals surface area contributed by atoms with E-state index in [1.165, 1.54) is 6.07 Å². The lowest BCUT2D eigenvalue weighted by atomic mass is 9.97. The van der Waals surface area contributed by atoms with Crippen LogP contribution in [0.15, 0.2) is 10.9 Å². The van der Waals surface area contributed by atoms with Crippen molar-refractivity contribution in [1.82, 2.24) is 9.97 Å². The van der Waals surface area contributed by atoms with Crippen LogP contribution in [-0.4, -0.2) is 27.6 Å². The van der Waals surface area contributed by atoms with Crippen LogP contribution in [0.3, 0.4) is 0 Å². The Kier molecular flexibility index (Phi) is 4.42. The summed E-state index contributed by atoms with van der Waals surface area (Å²) in [5.74, 6) is 0.544. The van der Waals surface area contributed by atoms with Gasteiger partial charge in [0.1, 0.15) is 11.6 Å². The molecule has 1 aliphatic carbocycles. The standard InChI is InChI=1S/C14H21N3O3/c1-8(2)5-10(14(19)20)7-15-11-6-12(18)17-13(16-11)9-3-4-9/h6,8-10H,3-5,7H2,1-2H3,(H,19,20)(H2,15,16,17,18). The van der Waals surface area contributed by atoms with Gasteiger partial charge in [0, 0.05) is 18.5 Å². The highest BCUT2D eigenvalue weighted by atomic mass is 16.4. The molecule has 1 aromatic heterocycles. The van der Waals surface area contributed by atoms with Crippen molar-refractivity contribution in [1.29, 1.82) is 0 Å². The maximum Gasteiger partial charge on any atom is 0.308 e. The van der Waals surface area contributed by atoms with Crippen molar-refractivity contribution in [3.8, 4) is 0 Å². The Labute approximate surface area is 117 Å². The van der Waals surface area contributed by atoms with Crippen LogP contribution in [0, 0.1) is 11.8 Å². The van der Waals surface area contributed by atoms with Gasteiger partial charge in [-0.2, -0.15) is 0 Å². The van der Waals surface area contributed by atoms with Crippen LogP contribution in [-0.2, 0) is 4.79 Å². The first-order chi connectivity index (χ1) is 9.45. The van der Waals surface area contributed by atoms with Crippen molar-refractivity contribution >= 4 is 11.8 Å². The average molecular weight is 279 g/mol. The van der Waals surface area contributed by atoms with Crippen LogP contribution in [0.25, 0.3) is 0 Å². The van der Waals surface area contributed by atoms with Gasteiger partial charge < -0.3 is 15.4 Å². The van der Waals surface area contributed by atoms with Crippen molar-refractivity contribution in [2.24, 2.45) is 11.8 Å². The molecule has 0 aliphatic heterocycles. The summed E-state index contributed by atoms with van der Waals surface area (Å²) in [6, 6.07) is 1.38. The largest absolute Gasteiger partial charge is 0.481 e. The Morgan fingerprint density at radius 2 is 2.25 bits per heavy atom. The molecule has 0 aromatic carbocycles. The lowest BCUT2D eigenvalue weighted by Crippen LogP contribution is -2.25. The number of rotatable bonds is 7. The SMILES string of the molecule is CC(C)CC(CNc1cc(=O)[nH]c(C2CC2)n1)C(=O)O. The monoisotopic (exact) mass is 279 g/mol. The van der Waals surface area contributed by atoms with E-state index in [1.807, 2.05) is 13.8 Å². The number of aliphatic carboxylic acids is 1. The molecule has 2 rings (SSSR count). The van der Waals surface area contributed by atoms with E-state index in [1.54, 1.807) is 0 Å². The van der Waals surface area contributed by atoms with Crippen LogP contribution in [0.5, 0.6) is 0 Å². The van der Waals surface area contributed by atoms with E-state index >= 15 is 0 Å². The van der Waals surface area contributed by atoms with Crippen molar-refractivity contribution in [3.63, 3.8) is 0 Å². The number of hydrogen-bond donors (Lipinski definition) is 3. The Hall–Kier alpha value is -1.85. The molecule has 1 aromatic rings. The molecular formula is C14H21N3O3. The first-order valence-electron chi connectivity index (χ1n) is 7.03. The number of aromatic nitrogens is 2. The van der Waals surface area contributed by atoms with Gasteiger partial charge in [0.2, 0.25) is 0 Å². The molecular weight excluding hydrogens is 258 g/mol. The Morgan fingerprint density at radius 1 is 1.55 bits per heavy atom. The van der Waals surface area contributed by atoms with Gasteiger partial charge in [-0.1, -0.05) is 13.8 Å². The molecule has 3 N–H and O–H groups in total. The molecule has 1 saturated carbocycles. The second-order valence-electron chi connectivity index (χ2n) is 5.84. The normalized spacial score (nSPS) is 16.1. The summed E-state index contributed by atoms with van der Waals surface area (Å²) >= 11 is 0. The average Bonchev–Trinajstić information content (AvgIpc) is 3.17. The molecule has 1 heterocycles. The Morgan fingerprint density at radius 3 is 2.80 bits per heavy atom. The molecule has 6 nitrogen and oxygen atoms in total. The molecule has 0 bridgehead atoms. The molecule has 1 unspecified atom stereocenters. The van der Waals surface area contributed by atoms with Gasteiger partial charge in [0.15, 0.2) is 0 Å². The second kappa shape index (κ2) is 6.07. The van der Waals surface area contributed by atoms with Crippen LogP contribution in [0.2, 0.25) is 0 Å². The second-order valence-corrected chi connectivity index (χ2v) is 5.84. The number of carboxylic acids is 1. The van der Waals surface area contributed by atoms with Crippen molar-refractivity contribution in [2.45, 2.75) is 39.0 Å². The number of carboxylic acid groups (broad SMARTS) is 1. The van der Waals surface area contributed by atoms with Crippen molar-refractivity contribution < 1.29 is 9.90 Å². The van der Waals surface area contributed by atoms with Crippen molar-refractivity contribution in [2.75, 3.05) is 11.9 Å². The summed E-state index contributed by atoms with van der Waals surface area (Å²) in [4.78, 5) is 29.8. The number of H-pyrrole nitrogens is 1. The molecule has 0 amide bonds. The molecule has 6 heteroatoms. The molecule has 20 heavy (non-hydrogen) atoms. The van der Waals surface area contributed by atoms with E-state index in [2.05, 4.69) is 15.3 Å². The highest BCUT2D eigenvalue weighted by Gasteiger charge is 2.26. The van der Waals surface area contributed by atoms with Gasteiger partial charge in [0.25, 0.3) is 5.56 Å². The van der Waals surface area contributed by atoms with E-state index in [-0.39, 0.29) is 12.1 Å². The maximum absolute atomic E-state index is 11.5. The first kappa shape index (κ1) is 14.6. The fourth-order valence-electron chi connectivity index (χ4n) is 2.19. The zero-order valence-corrected chi connectivity index (χ0v) is 11.8. The zero-order chi connectivity index (χ0) is 14.7. The summed E-state index contributed by atoms with van der Waals surface area (Å²) in [5.41, 5.74) is -0.194. The number of aromatic amines is 1. The van der Waals surface area contributed by atoms with E-state index in [0.717, 1.165) is 12.8 Å². The third kappa shape index (κ3) is 4.08. The summed E-state index contributed by atoms with van der Waals surface area (Å²) in [7, 11) is 0. The van der Waals surface area contributed by atoms with Crippen LogP contribution in [0.1, 0.15) is 44.9 Å². The van der Waals surface area contributed by atoms with Gasteiger partial charge in [-0.25, -0.2) is 4.98 Å². The van der Waals surface area contributed by atoms with Gasteiger partial charge in [-0.3, -0.25) is 9.59 Å². The third-order valence-corrected chi connectivity index (χ3v) is 3.36. The van der Waals surface area contributed by atoms with E-state index < -0.39 is 11.9 Å². The molecule has 110 valence electrons. The molecule has 0 saturated heterocycles. The van der Waals surface area contributed by atoms with Crippen LogP contribution < -0.4 is 10.9 Å². The molecule has 1 fully saturated rings. The van der Waals surface area contributed by atoms with Gasteiger partial charge in [-0.15, -0.1) is 0 Å². The number of anilines is 1. The van der Waals surface area contributed by atoms with E-state index in [9.17, 15) is 14.7 Å². The third-order valence-electron chi connectivity index (χ3n) is 3.36. The van der Waals surface area contributed by atoms with E-state index in [0.29, 0.717) is 29.9 Å². The number of hydrogen-bond acceptors (Lipinski definition) is 4. The predicted molar refractivity (Wildman–Crippen MR) is 75.9 cm³/mol. The molecule has 0 spiro atoms. The lowest BCUT2D eigenvalue weighted by molar-refractivity contribution is -0.141. The van der Waals surface area contributed by atoms with Gasteiger partial charge >= 0.3 is 5.97 Å². The lowest BCUT2D eigenvalue weighted by Gasteiger charge is -2.15. The minimum absolute atomic E-state index is 0.194. The Balaban J connectivity index is 2.01. The Bertz CT molecular complexity index is 535. The number of nitrogens with one attached hydrogen (secondary N) is 2. The molecule has 1 aliphatic rings. The summed E-state index contributed by atoms with van der Waals surface area (Å²) < 4.78 is 0. The quantitative estimate of drug-likeness (QED) is 0.707. The topological polar surface area (TPSA) is 95.1 Å². The highest BCUT2D eigenvalue weighted by molar-refractivity contribution is 5.70. The van der Waals surface area contributed by atoms with Crippen molar-refractivity contribution in [3.05, 3.63) is 22.2 Å². The first-order valence-corrected chi connectivity index (χ1v) is 7.03. The maximum atomic E-state index is 11.5. The number of carbonyl (C=O) groups is 1. The fourth-order valence-corrected chi connectivity index (χ4v) is 2.19. The van der Waals surface area contributed by atoms with Gasteiger partial charge in [-0.05, 0) is 25.2 Å². The minimum Gasteiger partial charge on any atom is -0.481 e. The number of nitrogens with zero attached hydrogens (tertiary/aromatic N) is 1. The smallest absolute Gasteiger partial charge is 0.308 e. The van der Waals surface area contributed by atoms with E-state index in [4.69, 9.17) is 0 Å². The predicted octanol–water partition coefficient (Wildman–Crippen LogP) is 1.81. The highest BCUT2D eigenvalue weighted by Crippen LogP contribution is 2.37. The van der Waals surface area contributed by atoms with Crippen LogP contribution >= 0.6 is 0 Å².